The molecule has 1 unspecified atom stereocenters. The van der Waals surface area contributed by atoms with E-state index in [1.165, 1.54) is 18.8 Å². The van der Waals surface area contributed by atoms with Crippen LogP contribution >= 0.6 is 23.4 Å². The van der Waals surface area contributed by atoms with Crippen molar-refractivity contribution in [3.63, 3.8) is 0 Å². The molecular formula is C16H15ClN4O3S. The largest absolute Gasteiger partial charge is 0.416 e. The lowest BCUT2D eigenvalue weighted by atomic mass is 9.97. The second-order valence-corrected chi connectivity index (χ2v) is 6.93. The van der Waals surface area contributed by atoms with Gasteiger partial charge in [0.1, 0.15) is 0 Å². The van der Waals surface area contributed by atoms with E-state index in [0.717, 1.165) is 10.5 Å². The van der Waals surface area contributed by atoms with Crippen molar-refractivity contribution in [1.29, 1.82) is 0 Å². The van der Waals surface area contributed by atoms with Gasteiger partial charge in [0.15, 0.2) is 0 Å². The van der Waals surface area contributed by atoms with Gasteiger partial charge in [-0.3, -0.25) is 9.69 Å². The Labute approximate surface area is 153 Å². The standard InChI is InChI=1S/C16H15ClN4O3S/c1-9-12(14(22)21(2)15(23)18-9)7-13-19-20-16(24-13)25-8-10-3-5-11(17)6-4-10/h3-6,12H,7-8H2,1-2H3. The van der Waals surface area contributed by atoms with Crippen LogP contribution in [0, 0.1) is 5.92 Å². The average Bonchev–Trinajstić information content (AvgIpc) is 3.04. The number of hydrogen-bond acceptors (Lipinski definition) is 6. The molecule has 0 N–H and O–H groups in total. The summed E-state index contributed by atoms with van der Waals surface area (Å²) in [5, 5.41) is 9.08. The third kappa shape index (κ3) is 4.08. The molecule has 0 saturated carbocycles. The second kappa shape index (κ2) is 7.37. The first-order valence-corrected chi connectivity index (χ1v) is 8.86. The Morgan fingerprint density at radius 3 is 2.68 bits per heavy atom. The molecule has 1 atom stereocenters. The van der Waals surface area contributed by atoms with Gasteiger partial charge in [0.2, 0.25) is 11.8 Å². The molecule has 0 saturated heterocycles. The number of hydrogen-bond donors (Lipinski definition) is 0. The first kappa shape index (κ1) is 17.6. The normalized spacial score (nSPS) is 17.8. The highest BCUT2D eigenvalue weighted by molar-refractivity contribution is 7.98. The zero-order valence-electron chi connectivity index (χ0n) is 13.6. The highest BCUT2D eigenvalue weighted by Crippen LogP contribution is 2.24. The summed E-state index contributed by atoms with van der Waals surface area (Å²) >= 11 is 7.26. The molecule has 9 heteroatoms. The van der Waals surface area contributed by atoms with Crippen LogP contribution in [-0.2, 0) is 17.0 Å². The number of imide groups is 1. The van der Waals surface area contributed by atoms with Crippen LogP contribution in [-0.4, -0.2) is 39.8 Å². The van der Waals surface area contributed by atoms with Crippen LogP contribution in [0.3, 0.4) is 0 Å². The van der Waals surface area contributed by atoms with Crippen molar-refractivity contribution in [3.8, 4) is 0 Å². The Hall–Kier alpha value is -2.19. The summed E-state index contributed by atoms with van der Waals surface area (Å²) in [6.07, 6.45) is 0.223. The predicted molar refractivity (Wildman–Crippen MR) is 93.8 cm³/mol. The number of thioether (sulfide) groups is 1. The maximum atomic E-state index is 12.2. The Bertz CT molecular complexity index is 834. The molecule has 3 rings (SSSR count). The molecule has 0 bridgehead atoms. The van der Waals surface area contributed by atoms with E-state index in [2.05, 4.69) is 15.2 Å². The fourth-order valence-corrected chi connectivity index (χ4v) is 3.19. The number of aromatic nitrogens is 2. The van der Waals surface area contributed by atoms with Gasteiger partial charge in [0, 0.05) is 30.0 Å². The lowest BCUT2D eigenvalue weighted by molar-refractivity contribution is -0.129. The van der Waals surface area contributed by atoms with Gasteiger partial charge in [-0.1, -0.05) is 35.5 Å². The minimum atomic E-state index is -0.558. The molecule has 3 amide bonds. The number of nitrogens with zero attached hydrogens (tertiary/aromatic N) is 4. The van der Waals surface area contributed by atoms with E-state index in [1.54, 1.807) is 6.92 Å². The molecule has 1 aromatic heterocycles. The molecule has 1 aromatic carbocycles. The lowest BCUT2D eigenvalue weighted by Crippen LogP contribution is -2.44. The maximum Gasteiger partial charge on any atom is 0.349 e. The molecular weight excluding hydrogens is 364 g/mol. The smallest absolute Gasteiger partial charge is 0.349 e. The van der Waals surface area contributed by atoms with Gasteiger partial charge in [-0.2, -0.15) is 0 Å². The second-order valence-electron chi connectivity index (χ2n) is 5.57. The van der Waals surface area contributed by atoms with Gasteiger partial charge in [-0.15, -0.1) is 10.2 Å². The van der Waals surface area contributed by atoms with Gasteiger partial charge in [0.25, 0.3) is 5.22 Å². The van der Waals surface area contributed by atoms with Gasteiger partial charge in [-0.25, -0.2) is 9.79 Å². The topological polar surface area (TPSA) is 88.7 Å². The van der Waals surface area contributed by atoms with Crippen molar-refractivity contribution < 1.29 is 14.0 Å². The molecule has 0 aliphatic carbocycles. The Morgan fingerprint density at radius 2 is 1.96 bits per heavy atom. The summed E-state index contributed by atoms with van der Waals surface area (Å²) in [7, 11) is 1.41. The minimum absolute atomic E-state index is 0.223. The van der Waals surface area contributed by atoms with E-state index in [1.807, 2.05) is 24.3 Å². The van der Waals surface area contributed by atoms with Crippen LogP contribution in [0.5, 0.6) is 0 Å². The zero-order valence-corrected chi connectivity index (χ0v) is 15.2. The molecule has 1 aliphatic heterocycles. The molecule has 0 spiro atoms. The van der Waals surface area contributed by atoms with E-state index in [0.29, 0.717) is 27.6 Å². The lowest BCUT2D eigenvalue weighted by Gasteiger charge is -2.24. The summed E-state index contributed by atoms with van der Waals surface area (Å²) in [5.41, 5.74) is 1.54. The highest BCUT2D eigenvalue weighted by atomic mass is 35.5. The van der Waals surface area contributed by atoms with Crippen molar-refractivity contribution in [2.75, 3.05) is 7.05 Å². The first-order chi connectivity index (χ1) is 11.9. The van der Waals surface area contributed by atoms with Gasteiger partial charge < -0.3 is 4.42 Å². The number of benzene rings is 1. The van der Waals surface area contributed by atoms with Crippen molar-refractivity contribution in [2.24, 2.45) is 10.9 Å². The van der Waals surface area contributed by atoms with Crippen LogP contribution in [0.25, 0.3) is 0 Å². The number of rotatable bonds is 5. The van der Waals surface area contributed by atoms with Gasteiger partial charge in [0.05, 0.1) is 5.92 Å². The molecule has 0 radical (unpaired) electrons. The van der Waals surface area contributed by atoms with Crippen molar-refractivity contribution >= 4 is 41.0 Å². The van der Waals surface area contributed by atoms with Gasteiger partial charge >= 0.3 is 6.03 Å². The fraction of sp³-hybridized carbons (Fsp3) is 0.312. The zero-order chi connectivity index (χ0) is 18.0. The van der Waals surface area contributed by atoms with Crippen LogP contribution in [0.2, 0.25) is 5.02 Å². The average molecular weight is 379 g/mol. The van der Waals surface area contributed by atoms with Crippen LogP contribution < -0.4 is 0 Å². The van der Waals surface area contributed by atoms with Crippen LogP contribution in [0.4, 0.5) is 4.79 Å². The Balaban J connectivity index is 1.63. The van der Waals surface area contributed by atoms with E-state index >= 15 is 0 Å². The Morgan fingerprint density at radius 1 is 1.24 bits per heavy atom. The van der Waals surface area contributed by atoms with E-state index in [4.69, 9.17) is 16.0 Å². The van der Waals surface area contributed by atoms with E-state index in [9.17, 15) is 9.59 Å². The first-order valence-electron chi connectivity index (χ1n) is 7.50. The Kier molecular flexibility index (Phi) is 5.19. The molecule has 1 aliphatic rings. The van der Waals surface area contributed by atoms with Crippen molar-refractivity contribution in [3.05, 3.63) is 40.7 Å². The van der Waals surface area contributed by atoms with Crippen molar-refractivity contribution in [2.45, 2.75) is 24.3 Å². The molecule has 130 valence electrons. The number of aliphatic imine (C=N–C) groups is 1. The minimum Gasteiger partial charge on any atom is -0.416 e. The van der Waals surface area contributed by atoms with E-state index < -0.39 is 11.9 Å². The molecule has 7 nitrogen and oxygen atoms in total. The third-order valence-corrected chi connectivity index (χ3v) is 4.94. The van der Waals surface area contributed by atoms with Crippen LogP contribution in [0.1, 0.15) is 18.4 Å². The van der Waals surface area contributed by atoms with Crippen molar-refractivity contribution in [1.82, 2.24) is 15.1 Å². The third-order valence-electron chi connectivity index (χ3n) is 3.79. The molecule has 25 heavy (non-hydrogen) atoms. The molecule has 2 aromatic rings. The number of halogens is 1. The highest BCUT2D eigenvalue weighted by Gasteiger charge is 2.34. The summed E-state index contributed by atoms with van der Waals surface area (Å²) in [6, 6.07) is 6.96. The summed E-state index contributed by atoms with van der Waals surface area (Å²) in [4.78, 5) is 28.6. The predicted octanol–water partition coefficient (Wildman–Crippen LogP) is 3.23. The summed E-state index contributed by atoms with van der Waals surface area (Å²) < 4.78 is 5.59. The number of carbonyl (C=O) groups excluding carboxylic acids is 2. The summed E-state index contributed by atoms with van der Waals surface area (Å²) in [6.45, 7) is 1.65. The van der Waals surface area contributed by atoms with E-state index in [-0.39, 0.29) is 12.3 Å². The SMILES string of the molecule is CC1=NC(=O)N(C)C(=O)C1Cc1nnc(SCc2ccc(Cl)cc2)o1. The van der Waals surface area contributed by atoms with Gasteiger partial charge in [-0.05, 0) is 24.6 Å². The number of urea groups is 1. The maximum absolute atomic E-state index is 12.2. The van der Waals surface area contributed by atoms with Crippen LogP contribution in [0.15, 0.2) is 38.9 Å². The number of carbonyl (C=O) groups is 2. The molecule has 2 heterocycles. The quantitative estimate of drug-likeness (QED) is 0.742. The summed E-state index contributed by atoms with van der Waals surface area (Å²) in [5.74, 6) is 0.136. The molecule has 0 fully saturated rings. The fourth-order valence-electron chi connectivity index (χ4n) is 2.32. The monoisotopic (exact) mass is 378 g/mol. The number of amides is 3.